The molecule has 0 bridgehead atoms. The second kappa shape index (κ2) is 13.7. The zero-order chi connectivity index (χ0) is 19.5. The average Bonchev–Trinajstić information content (AvgIpc) is 3.13. The molecule has 2 heterocycles. The lowest BCUT2D eigenvalue weighted by Crippen LogP contribution is -2.42. The molecule has 1 aliphatic heterocycles. The van der Waals surface area contributed by atoms with Gasteiger partial charge in [-0.15, -0.1) is 35.3 Å². The minimum Gasteiger partial charge on any atom is -0.377 e. The van der Waals surface area contributed by atoms with E-state index < -0.39 is 10.0 Å². The quantitative estimate of drug-likeness (QED) is 0.239. The minimum absolute atomic E-state index is 0. The Morgan fingerprint density at radius 3 is 2.68 bits per heavy atom. The number of sulfonamides is 1. The number of nitrogens with one attached hydrogen (secondary N) is 3. The van der Waals surface area contributed by atoms with Crippen LogP contribution in [0.1, 0.15) is 42.9 Å². The summed E-state index contributed by atoms with van der Waals surface area (Å²) in [6, 6.07) is 4.22. The van der Waals surface area contributed by atoms with E-state index >= 15 is 0 Å². The zero-order valence-corrected chi connectivity index (χ0v) is 20.7. The van der Waals surface area contributed by atoms with Gasteiger partial charge in [0.1, 0.15) is 0 Å². The Balaban J connectivity index is 0.00000392. The van der Waals surface area contributed by atoms with Crippen molar-refractivity contribution >= 4 is 51.3 Å². The Labute approximate surface area is 190 Å². The SMILES string of the molecule is CCNC(=NCc1ccc(CC)s1)NCCS(=O)(=O)NCC1CCCCO1.I. The number of thiophene rings is 1. The Morgan fingerprint density at radius 1 is 1.25 bits per heavy atom. The van der Waals surface area contributed by atoms with Crippen LogP contribution < -0.4 is 15.4 Å². The van der Waals surface area contributed by atoms with Crippen molar-refractivity contribution in [1.82, 2.24) is 15.4 Å². The third-order valence-corrected chi connectivity index (χ3v) is 6.83. The third-order valence-electron chi connectivity index (χ3n) is 4.27. The zero-order valence-electron chi connectivity index (χ0n) is 16.7. The minimum atomic E-state index is -3.33. The normalized spacial score (nSPS) is 17.8. The second-order valence-corrected chi connectivity index (χ2v) is 9.68. The van der Waals surface area contributed by atoms with Crippen molar-refractivity contribution in [2.24, 2.45) is 4.99 Å². The molecule has 28 heavy (non-hydrogen) atoms. The van der Waals surface area contributed by atoms with E-state index in [4.69, 9.17) is 4.74 Å². The fourth-order valence-electron chi connectivity index (χ4n) is 2.76. The molecule has 10 heteroatoms. The van der Waals surface area contributed by atoms with Crippen LogP contribution in [-0.2, 0) is 27.7 Å². The lowest BCUT2D eigenvalue weighted by atomic mass is 10.1. The maximum atomic E-state index is 12.2. The maximum Gasteiger partial charge on any atom is 0.213 e. The first kappa shape index (κ1) is 25.6. The molecule has 0 aromatic carbocycles. The number of ether oxygens (including phenoxy) is 1. The molecule has 1 saturated heterocycles. The Hall–Kier alpha value is -0.430. The van der Waals surface area contributed by atoms with Crippen molar-refractivity contribution in [3.63, 3.8) is 0 Å². The molecule has 0 amide bonds. The van der Waals surface area contributed by atoms with Gasteiger partial charge in [0.15, 0.2) is 5.96 Å². The van der Waals surface area contributed by atoms with Crippen LogP contribution in [0.2, 0.25) is 0 Å². The van der Waals surface area contributed by atoms with Gasteiger partial charge in [0, 0.05) is 36.0 Å². The van der Waals surface area contributed by atoms with E-state index in [2.05, 4.69) is 39.4 Å². The smallest absolute Gasteiger partial charge is 0.213 e. The standard InChI is InChI=1S/C18H32N4O3S2.HI/c1-3-16-8-9-17(26-16)14-21-18(19-4-2)20-10-12-27(23,24)22-13-15-7-5-6-11-25-15;/h8-9,15,22H,3-7,10-14H2,1-2H3,(H2,19,20,21);1H. The monoisotopic (exact) mass is 544 g/mol. The van der Waals surface area contributed by atoms with Crippen LogP contribution >= 0.6 is 35.3 Å². The highest BCUT2D eigenvalue weighted by molar-refractivity contribution is 14.0. The summed E-state index contributed by atoms with van der Waals surface area (Å²) in [6.45, 7) is 6.82. The number of aliphatic imine (C=N–C) groups is 1. The van der Waals surface area contributed by atoms with E-state index in [1.165, 1.54) is 9.75 Å². The van der Waals surface area contributed by atoms with E-state index in [0.717, 1.165) is 38.8 Å². The van der Waals surface area contributed by atoms with E-state index in [1.54, 1.807) is 11.3 Å². The molecule has 1 aromatic heterocycles. The van der Waals surface area contributed by atoms with Crippen LogP contribution in [0.5, 0.6) is 0 Å². The molecule has 0 aliphatic carbocycles. The van der Waals surface area contributed by atoms with Gasteiger partial charge in [0.05, 0.1) is 18.4 Å². The number of hydrogen-bond acceptors (Lipinski definition) is 5. The predicted octanol–water partition coefficient (Wildman–Crippen LogP) is 2.47. The molecule has 3 N–H and O–H groups in total. The first-order chi connectivity index (χ1) is 13.0. The van der Waals surface area contributed by atoms with Crippen molar-refractivity contribution < 1.29 is 13.2 Å². The first-order valence-corrected chi connectivity index (χ1v) is 12.2. The lowest BCUT2D eigenvalue weighted by Gasteiger charge is -2.22. The number of aryl methyl sites for hydroxylation is 1. The summed E-state index contributed by atoms with van der Waals surface area (Å²) in [5.41, 5.74) is 0. The van der Waals surface area contributed by atoms with Crippen LogP contribution in [0.4, 0.5) is 0 Å². The van der Waals surface area contributed by atoms with Crippen molar-refractivity contribution in [3.05, 3.63) is 21.9 Å². The number of hydrogen-bond donors (Lipinski definition) is 3. The van der Waals surface area contributed by atoms with Crippen molar-refractivity contribution in [3.8, 4) is 0 Å². The summed E-state index contributed by atoms with van der Waals surface area (Å²) in [5, 5.41) is 6.25. The predicted molar refractivity (Wildman–Crippen MR) is 127 cm³/mol. The van der Waals surface area contributed by atoms with Crippen LogP contribution in [0.15, 0.2) is 17.1 Å². The molecule has 1 aromatic rings. The highest BCUT2D eigenvalue weighted by Gasteiger charge is 2.17. The number of nitrogens with zero attached hydrogens (tertiary/aromatic N) is 1. The van der Waals surface area contributed by atoms with Crippen LogP contribution in [-0.4, -0.2) is 52.5 Å². The van der Waals surface area contributed by atoms with Gasteiger partial charge < -0.3 is 15.4 Å². The molecule has 0 spiro atoms. The number of rotatable bonds is 10. The summed E-state index contributed by atoms with van der Waals surface area (Å²) in [7, 11) is -3.33. The van der Waals surface area contributed by atoms with E-state index in [-0.39, 0.29) is 35.8 Å². The molecule has 0 radical (unpaired) electrons. The molecular weight excluding hydrogens is 511 g/mol. The first-order valence-electron chi connectivity index (χ1n) is 9.71. The third kappa shape index (κ3) is 9.86. The largest absolute Gasteiger partial charge is 0.377 e. The number of halogens is 1. The molecule has 0 saturated carbocycles. The summed E-state index contributed by atoms with van der Waals surface area (Å²) in [4.78, 5) is 7.08. The maximum absolute atomic E-state index is 12.2. The Bertz CT molecular complexity index is 689. The summed E-state index contributed by atoms with van der Waals surface area (Å²) in [6.07, 6.45) is 4.11. The molecule has 162 valence electrons. The van der Waals surface area contributed by atoms with Crippen molar-refractivity contribution in [2.75, 3.05) is 32.0 Å². The van der Waals surface area contributed by atoms with Crippen LogP contribution in [0.3, 0.4) is 0 Å². The van der Waals surface area contributed by atoms with Gasteiger partial charge in [-0.2, -0.15) is 0 Å². The van der Waals surface area contributed by atoms with Gasteiger partial charge in [0.2, 0.25) is 10.0 Å². The highest BCUT2D eigenvalue weighted by atomic mass is 127. The fraction of sp³-hybridized carbons (Fsp3) is 0.722. The average molecular weight is 545 g/mol. The van der Waals surface area contributed by atoms with Crippen molar-refractivity contribution in [2.45, 2.75) is 52.2 Å². The molecule has 1 unspecified atom stereocenters. The van der Waals surface area contributed by atoms with Gasteiger partial charge >= 0.3 is 0 Å². The fourth-order valence-corrected chi connectivity index (χ4v) is 4.60. The number of guanidine groups is 1. The summed E-state index contributed by atoms with van der Waals surface area (Å²) >= 11 is 1.76. The van der Waals surface area contributed by atoms with E-state index in [0.29, 0.717) is 25.6 Å². The molecule has 1 atom stereocenters. The van der Waals surface area contributed by atoms with E-state index in [9.17, 15) is 8.42 Å². The summed E-state index contributed by atoms with van der Waals surface area (Å²) < 4.78 is 32.5. The van der Waals surface area contributed by atoms with Crippen molar-refractivity contribution in [1.29, 1.82) is 0 Å². The van der Waals surface area contributed by atoms with Crippen LogP contribution in [0.25, 0.3) is 0 Å². The molecule has 1 aliphatic rings. The molecule has 2 rings (SSSR count). The highest BCUT2D eigenvalue weighted by Crippen LogP contribution is 2.17. The van der Waals surface area contributed by atoms with Gasteiger partial charge in [-0.1, -0.05) is 6.92 Å². The van der Waals surface area contributed by atoms with Gasteiger partial charge in [-0.3, -0.25) is 0 Å². The lowest BCUT2D eigenvalue weighted by molar-refractivity contribution is 0.0200. The summed E-state index contributed by atoms with van der Waals surface area (Å²) in [5.74, 6) is 0.637. The van der Waals surface area contributed by atoms with Crippen LogP contribution in [0, 0.1) is 0 Å². The second-order valence-electron chi connectivity index (χ2n) is 6.50. The van der Waals surface area contributed by atoms with Gasteiger partial charge in [-0.25, -0.2) is 18.1 Å². The van der Waals surface area contributed by atoms with Gasteiger partial charge in [0.25, 0.3) is 0 Å². The topological polar surface area (TPSA) is 91.8 Å². The Kier molecular flexibility index (Phi) is 12.6. The molecule has 1 fully saturated rings. The van der Waals surface area contributed by atoms with E-state index in [1.807, 2.05) is 6.92 Å². The molecular formula is C18H33IN4O3S2. The Morgan fingerprint density at radius 2 is 2.04 bits per heavy atom. The molecule has 7 nitrogen and oxygen atoms in total. The van der Waals surface area contributed by atoms with Gasteiger partial charge in [-0.05, 0) is 44.7 Å².